The van der Waals surface area contributed by atoms with Gasteiger partial charge < -0.3 is 5.32 Å². The van der Waals surface area contributed by atoms with Crippen LogP contribution < -0.4 is 5.32 Å². The minimum Gasteiger partial charge on any atom is -0.381 e. The highest BCUT2D eigenvalue weighted by Gasteiger charge is 2.12. The number of nitrogens with one attached hydrogen (secondary N) is 1. The van der Waals surface area contributed by atoms with Crippen molar-refractivity contribution in [3.05, 3.63) is 18.3 Å². The maximum Gasteiger partial charge on any atom is 0.0958 e. The third-order valence-electron chi connectivity index (χ3n) is 2.54. The van der Waals surface area contributed by atoms with Gasteiger partial charge in [0.15, 0.2) is 0 Å². The molecule has 0 amide bonds. The lowest BCUT2D eigenvalue weighted by molar-refractivity contribution is 0.666. The molecule has 0 spiro atoms. The summed E-state index contributed by atoms with van der Waals surface area (Å²) in [5, 5.41) is 4.63. The summed E-state index contributed by atoms with van der Waals surface area (Å²) in [5.41, 5.74) is 1.16. The van der Waals surface area contributed by atoms with Crippen LogP contribution in [-0.4, -0.2) is 28.8 Å². The molecule has 0 saturated carbocycles. The average Bonchev–Trinajstić information content (AvgIpc) is 2.31. The lowest BCUT2D eigenvalue weighted by Crippen LogP contribution is -2.24. The number of nitrogens with zero attached hydrogens (tertiary/aromatic N) is 1. The van der Waals surface area contributed by atoms with Crippen LogP contribution >= 0.6 is 23.5 Å². The lowest BCUT2D eigenvalue weighted by atomic mass is 10.1. The first-order chi connectivity index (χ1) is 7.38. The summed E-state index contributed by atoms with van der Waals surface area (Å²) in [5.74, 6) is 2.57. The zero-order valence-corrected chi connectivity index (χ0v) is 10.5. The second-order valence-corrected chi connectivity index (χ2v) is 5.67. The topological polar surface area (TPSA) is 24.9 Å². The lowest BCUT2D eigenvalue weighted by Gasteiger charge is -2.23. The summed E-state index contributed by atoms with van der Waals surface area (Å²) in [4.78, 5) is 4.36. The minimum absolute atomic E-state index is 0.646. The Hall–Kier alpha value is -0.350. The Labute approximate surface area is 99.6 Å². The van der Waals surface area contributed by atoms with Gasteiger partial charge in [0.2, 0.25) is 0 Å². The standard InChI is InChI=1S/C11H16N2S2/c1-14-11-3-2-10(8-12-11)13-9-4-6-15-7-5-9/h2-3,8-9,13H,4-7H2,1H3. The van der Waals surface area contributed by atoms with Crippen LogP contribution in [0.4, 0.5) is 5.69 Å². The SMILES string of the molecule is CSc1ccc(NC2CCSCC2)cn1. The Morgan fingerprint density at radius 1 is 1.40 bits per heavy atom. The van der Waals surface area contributed by atoms with Gasteiger partial charge in [0.25, 0.3) is 0 Å². The van der Waals surface area contributed by atoms with Gasteiger partial charge in [0.05, 0.1) is 16.9 Å². The molecule has 4 heteroatoms. The van der Waals surface area contributed by atoms with Gasteiger partial charge in [-0.3, -0.25) is 0 Å². The normalized spacial score (nSPS) is 17.7. The molecule has 0 aromatic carbocycles. The molecule has 1 aromatic rings. The van der Waals surface area contributed by atoms with E-state index in [0.717, 1.165) is 10.7 Å². The molecule has 1 fully saturated rings. The van der Waals surface area contributed by atoms with Crippen molar-refractivity contribution >= 4 is 29.2 Å². The molecule has 0 atom stereocenters. The van der Waals surface area contributed by atoms with Gasteiger partial charge in [-0.05, 0) is 42.7 Å². The van der Waals surface area contributed by atoms with Gasteiger partial charge >= 0.3 is 0 Å². The molecule has 1 N–H and O–H groups in total. The predicted octanol–water partition coefficient (Wildman–Crippen LogP) is 3.11. The highest BCUT2D eigenvalue weighted by Crippen LogP contribution is 2.21. The summed E-state index contributed by atoms with van der Waals surface area (Å²) in [7, 11) is 0. The molecular formula is C11H16N2S2. The fourth-order valence-electron chi connectivity index (χ4n) is 1.66. The van der Waals surface area contributed by atoms with Crippen LogP contribution in [-0.2, 0) is 0 Å². The summed E-state index contributed by atoms with van der Waals surface area (Å²) in [6.45, 7) is 0. The Morgan fingerprint density at radius 2 is 2.20 bits per heavy atom. The van der Waals surface area contributed by atoms with Crippen LogP contribution in [0.3, 0.4) is 0 Å². The van der Waals surface area contributed by atoms with Gasteiger partial charge in [0, 0.05) is 6.04 Å². The monoisotopic (exact) mass is 240 g/mol. The fourth-order valence-corrected chi connectivity index (χ4v) is 3.13. The van der Waals surface area contributed by atoms with Crippen molar-refractivity contribution in [3.8, 4) is 0 Å². The largest absolute Gasteiger partial charge is 0.381 e. The van der Waals surface area contributed by atoms with Crippen LogP contribution in [0.5, 0.6) is 0 Å². The third-order valence-corrected chi connectivity index (χ3v) is 4.25. The van der Waals surface area contributed by atoms with Crippen LogP contribution in [0.2, 0.25) is 0 Å². The highest BCUT2D eigenvalue weighted by molar-refractivity contribution is 7.99. The van der Waals surface area contributed by atoms with E-state index in [1.54, 1.807) is 11.8 Å². The Bertz CT molecular complexity index is 294. The van der Waals surface area contributed by atoms with Gasteiger partial charge in [-0.2, -0.15) is 11.8 Å². The molecule has 0 unspecified atom stereocenters. The maximum atomic E-state index is 4.36. The second kappa shape index (κ2) is 5.66. The van der Waals surface area contributed by atoms with E-state index in [9.17, 15) is 0 Å². The number of anilines is 1. The van der Waals surface area contributed by atoms with Crippen molar-refractivity contribution in [1.82, 2.24) is 4.98 Å². The van der Waals surface area contributed by atoms with E-state index in [1.165, 1.54) is 24.3 Å². The van der Waals surface area contributed by atoms with E-state index in [0.29, 0.717) is 6.04 Å². The summed E-state index contributed by atoms with van der Waals surface area (Å²) < 4.78 is 0. The molecule has 2 rings (SSSR count). The molecule has 2 heterocycles. The zero-order chi connectivity index (χ0) is 10.5. The molecule has 0 aliphatic carbocycles. The van der Waals surface area contributed by atoms with E-state index in [4.69, 9.17) is 0 Å². The molecule has 82 valence electrons. The molecule has 0 bridgehead atoms. The quantitative estimate of drug-likeness (QED) is 0.821. The molecular weight excluding hydrogens is 224 g/mol. The second-order valence-electron chi connectivity index (χ2n) is 3.62. The maximum absolute atomic E-state index is 4.36. The smallest absolute Gasteiger partial charge is 0.0958 e. The van der Waals surface area contributed by atoms with Crippen LogP contribution in [0.15, 0.2) is 23.4 Å². The number of hydrogen-bond donors (Lipinski definition) is 1. The Morgan fingerprint density at radius 3 is 2.80 bits per heavy atom. The minimum atomic E-state index is 0.646. The van der Waals surface area contributed by atoms with Gasteiger partial charge in [-0.25, -0.2) is 4.98 Å². The summed E-state index contributed by atoms with van der Waals surface area (Å²) in [6.07, 6.45) is 6.53. The predicted molar refractivity (Wildman–Crippen MR) is 70.0 cm³/mol. The number of rotatable bonds is 3. The first-order valence-corrected chi connectivity index (χ1v) is 7.61. The van der Waals surface area contributed by atoms with E-state index in [-0.39, 0.29) is 0 Å². The van der Waals surface area contributed by atoms with Gasteiger partial charge in [-0.15, -0.1) is 11.8 Å². The first kappa shape index (κ1) is 11.1. The van der Waals surface area contributed by atoms with Crippen molar-refractivity contribution in [1.29, 1.82) is 0 Å². The Balaban J connectivity index is 1.91. The summed E-state index contributed by atoms with van der Waals surface area (Å²) >= 11 is 3.74. The van der Waals surface area contributed by atoms with E-state index in [2.05, 4.69) is 34.2 Å². The number of hydrogen-bond acceptors (Lipinski definition) is 4. The van der Waals surface area contributed by atoms with Crippen LogP contribution in [0.25, 0.3) is 0 Å². The molecule has 15 heavy (non-hydrogen) atoms. The van der Waals surface area contributed by atoms with E-state index < -0.39 is 0 Å². The van der Waals surface area contributed by atoms with Gasteiger partial charge in [-0.1, -0.05) is 0 Å². The van der Waals surface area contributed by atoms with Crippen LogP contribution in [0, 0.1) is 0 Å². The molecule has 1 aliphatic heterocycles. The molecule has 2 nitrogen and oxygen atoms in total. The van der Waals surface area contributed by atoms with Crippen molar-refractivity contribution in [2.24, 2.45) is 0 Å². The number of aromatic nitrogens is 1. The third kappa shape index (κ3) is 3.31. The van der Waals surface area contributed by atoms with Crippen molar-refractivity contribution in [2.45, 2.75) is 23.9 Å². The molecule has 1 aliphatic rings. The van der Waals surface area contributed by atoms with Crippen molar-refractivity contribution in [3.63, 3.8) is 0 Å². The highest BCUT2D eigenvalue weighted by atomic mass is 32.2. The van der Waals surface area contributed by atoms with Crippen molar-refractivity contribution < 1.29 is 0 Å². The van der Waals surface area contributed by atoms with E-state index in [1.807, 2.05) is 12.5 Å². The summed E-state index contributed by atoms with van der Waals surface area (Å²) in [6, 6.07) is 4.85. The molecule has 1 aromatic heterocycles. The van der Waals surface area contributed by atoms with Crippen molar-refractivity contribution in [2.75, 3.05) is 23.1 Å². The molecule has 1 saturated heterocycles. The Kier molecular flexibility index (Phi) is 4.20. The average molecular weight is 240 g/mol. The van der Waals surface area contributed by atoms with Gasteiger partial charge in [0.1, 0.15) is 0 Å². The first-order valence-electron chi connectivity index (χ1n) is 5.23. The van der Waals surface area contributed by atoms with E-state index >= 15 is 0 Å². The number of pyridine rings is 1. The van der Waals surface area contributed by atoms with Crippen LogP contribution in [0.1, 0.15) is 12.8 Å². The molecule has 0 radical (unpaired) electrons. The zero-order valence-electron chi connectivity index (χ0n) is 8.90. The number of thioether (sulfide) groups is 2. The fraction of sp³-hybridized carbons (Fsp3) is 0.545.